The Kier molecular flexibility index (Phi) is 5.48. The highest BCUT2D eigenvalue weighted by molar-refractivity contribution is 7.94. The van der Waals surface area contributed by atoms with Gasteiger partial charge in [0.05, 0.1) is 11.3 Å². The molecule has 12 nitrogen and oxygen atoms in total. The molecule has 6 N–H and O–H groups in total. The SMILES string of the molecule is CC1(C)[C@H](C(=O)O)N2C(=O)/C(=C/c3cc(C(=O)NCCNC(=N)N)ccn3)C2S1(=O)=O. The predicted octanol–water partition coefficient (Wildman–Crippen LogP) is -1.49. The molecule has 13 heteroatoms. The number of pyridine rings is 1. The van der Waals surface area contributed by atoms with Crippen molar-refractivity contribution in [2.24, 2.45) is 5.73 Å². The van der Waals surface area contributed by atoms with Gasteiger partial charge in [-0.2, -0.15) is 0 Å². The second-order valence-electron chi connectivity index (χ2n) is 7.62. The monoisotopic (exact) mass is 450 g/mol. The zero-order chi connectivity index (χ0) is 23.1. The summed E-state index contributed by atoms with van der Waals surface area (Å²) in [5, 5.41) is 20.3. The predicted molar refractivity (Wildman–Crippen MR) is 110 cm³/mol. The summed E-state index contributed by atoms with van der Waals surface area (Å²) in [4.78, 5) is 41.4. The van der Waals surface area contributed by atoms with Crippen LogP contribution in [-0.4, -0.2) is 76.4 Å². The van der Waals surface area contributed by atoms with Crippen molar-refractivity contribution < 1.29 is 27.9 Å². The zero-order valence-corrected chi connectivity index (χ0v) is 17.6. The number of aromatic nitrogens is 1. The maximum atomic E-state index is 12.9. The van der Waals surface area contributed by atoms with E-state index >= 15 is 0 Å². The molecule has 1 aromatic heterocycles. The summed E-state index contributed by atoms with van der Waals surface area (Å²) in [5.74, 6) is -2.74. The maximum Gasteiger partial charge on any atom is 0.328 e. The van der Waals surface area contributed by atoms with Crippen molar-refractivity contribution in [3.05, 3.63) is 35.2 Å². The third-order valence-electron chi connectivity index (χ3n) is 5.27. The van der Waals surface area contributed by atoms with Gasteiger partial charge in [0.25, 0.3) is 11.8 Å². The standard InChI is InChI=1S/C18H22N6O6S/c1-18(2)12(16(27)28)24-14(26)11(15(24)31(18,29)30)8-10-7-9(3-4-21-10)13(25)22-5-6-23-17(19)20/h3-4,7-8,12,15H,5-6H2,1-2H3,(H,22,25)(H,27,28)(H4,19,20,23)/b11-8-/t12-,15?/m0/s1. The quantitative estimate of drug-likeness (QED) is 0.113. The number of aliphatic carboxylic acids is 1. The first-order valence-electron chi connectivity index (χ1n) is 9.22. The van der Waals surface area contributed by atoms with Crippen molar-refractivity contribution in [2.75, 3.05) is 13.1 Å². The number of carbonyl (C=O) groups is 3. The Bertz CT molecular complexity index is 1110. The first-order chi connectivity index (χ1) is 14.4. The highest BCUT2D eigenvalue weighted by atomic mass is 32.2. The van der Waals surface area contributed by atoms with Crippen molar-refractivity contribution in [1.82, 2.24) is 20.5 Å². The fourth-order valence-electron chi connectivity index (χ4n) is 3.64. The molecule has 1 aromatic rings. The van der Waals surface area contributed by atoms with Crippen LogP contribution in [0.25, 0.3) is 6.08 Å². The summed E-state index contributed by atoms with van der Waals surface area (Å²) < 4.78 is 24.1. The number of sulfone groups is 1. The molecule has 3 rings (SSSR count). The van der Waals surface area contributed by atoms with Gasteiger partial charge in [0.1, 0.15) is 4.75 Å². The van der Waals surface area contributed by atoms with E-state index in [-0.39, 0.29) is 35.9 Å². The molecule has 3 heterocycles. The third-order valence-corrected chi connectivity index (χ3v) is 8.03. The topological polar surface area (TPSA) is 196 Å². The van der Waals surface area contributed by atoms with Gasteiger partial charge in [-0.15, -0.1) is 0 Å². The number of β-lactam (4-membered cyclic amide) rings is 1. The maximum absolute atomic E-state index is 12.9. The normalized spacial score (nSPS) is 24.3. The number of nitrogens with one attached hydrogen (secondary N) is 3. The van der Waals surface area contributed by atoms with Gasteiger partial charge in [-0.1, -0.05) is 0 Å². The van der Waals surface area contributed by atoms with E-state index in [0.29, 0.717) is 0 Å². The summed E-state index contributed by atoms with van der Waals surface area (Å²) in [6, 6.07) is 1.35. The lowest BCUT2D eigenvalue weighted by molar-refractivity contribution is -0.152. The van der Waals surface area contributed by atoms with Crippen LogP contribution in [0.4, 0.5) is 0 Å². The van der Waals surface area contributed by atoms with Gasteiger partial charge in [0, 0.05) is 24.8 Å². The van der Waals surface area contributed by atoms with Crippen LogP contribution in [0.1, 0.15) is 29.9 Å². The second-order valence-corrected chi connectivity index (χ2v) is 10.2. The van der Waals surface area contributed by atoms with E-state index in [4.69, 9.17) is 11.1 Å². The molecule has 31 heavy (non-hydrogen) atoms. The van der Waals surface area contributed by atoms with Crippen molar-refractivity contribution in [3.8, 4) is 0 Å². The van der Waals surface area contributed by atoms with Gasteiger partial charge in [-0.25, -0.2) is 13.2 Å². The number of nitrogens with zero attached hydrogens (tertiary/aromatic N) is 2. The molecule has 166 valence electrons. The van der Waals surface area contributed by atoms with Crippen LogP contribution in [0.5, 0.6) is 0 Å². The largest absolute Gasteiger partial charge is 0.480 e. The number of nitrogens with two attached hydrogens (primary N) is 1. The Hall–Kier alpha value is -3.48. The number of fused-ring (bicyclic) bond motifs is 1. The molecule has 0 aromatic carbocycles. The number of carboxylic acid groups (broad SMARTS) is 1. The fraction of sp³-hybridized carbons (Fsp3) is 0.389. The molecule has 0 radical (unpaired) electrons. The van der Waals surface area contributed by atoms with Gasteiger partial charge >= 0.3 is 5.97 Å². The van der Waals surface area contributed by atoms with E-state index in [1.54, 1.807) is 0 Å². The molecule has 2 saturated heterocycles. The molecule has 2 fully saturated rings. The summed E-state index contributed by atoms with van der Waals surface area (Å²) >= 11 is 0. The van der Waals surface area contributed by atoms with E-state index in [9.17, 15) is 27.9 Å². The summed E-state index contributed by atoms with van der Waals surface area (Å²) in [7, 11) is -4.00. The van der Waals surface area contributed by atoms with Gasteiger partial charge in [-0.05, 0) is 32.1 Å². The molecule has 2 aliphatic heterocycles. The summed E-state index contributed by atoms with van der Waals surface area (Å²) in [6.07, 6.45) is 2.60. The molecule has 0 bridgehead atoms. The molecule has 0 spiro atoms. The number of carboxylic acids is 1. The van der Waals surface area contributed by atoms with Crippen LogP contribution in [0.15, 0.2) is 23.9 Å². The first kappa shape index (κ1) is 22.2. The van der Waals surface area contributed by atoms with Gasteiger partial charge in [-0.3, -0.25) is 20.0 Å². The molecule has 2 aliphatic rings. The second kappa shape index (κ2) is 7.65. The minimum absolute atomic E-state index is 0.0902. The van der Waals surface area contributed by atoms with E-state index in [1.165, 1.54) is 38.3 Å². The van der Waals surface area contributed by atoms with E-state index in [1.807, 2.05) is 0 Å². The molecule has 2 amide bonds. The third kappa shape index (κ3) is 3.60. The Morgan fingerprint density at radius 2 is 2.00 bits per heavy atom. The van der Waals surface area contributed by atoms with Crippen molar-refractivity contribution in [3.63, 3.8) is 0 Å². The van der Waals surface area contributed by atoms with Crippen molar-refractivity contribution >= 4 is 39.7 Å². The minimum Gasteiger partial charge on any atom is -0.480 e. The van der Waals surface area contributed by atoms with Crippen LogP contribution in [0.2, 0.25) is 0 Å². The number of carbonyl (C=O) groups excluding carboxylic acids is 2. The smallest absolute Gasteiger partial charge is 0.328 e. The lowest BCUT2D eigenvalue weighted by Crippen LogP contribution is -2.58. The van der Waals surface area contributed by atoms with E-state index in [0.717, 1.165) is 4.90 Å². The van der Waals surface area contributed by atoms with Crippen molar-refractivity contribution in [1.29, 1.82) is 5.41 Å². The summed E-state index contributed by atoms with van der Waals surface area (Å²) in [6.45, 7) is 3.03. The highest BCUT2D eigenvalue weighted by Crippen LogP contribution is 2.48. The van der Waals surface area contributed by atoms with Crippen LogP contribution < -0.4 is 16.4 Å². The van der Waals surface area contributed by atoms with Gasteiger partial charge in [0.15, 0.2) is 27.2 Å². The average Bonchev–Trinajstić information content (AvgIpc) is 2.83. The van der Waals surface area contributed by atoms with Crippen LogP contribution in [0, 0.1) is 5.41 Å². The van der Waals surface area contributed by atoms with Gasteiger partial charge in [0.2, 0.25) is 0 Å². The Morgan fingerprint density at radius 3 is 2.61 bits per heavy atom. The van der Waals surface area contributed by atoms with Crippen LogP contribution >= 0.6 is 0 Å². The molecule has 0 saturated carbocycles. The number of hydrogen-bond donors (Lipinski definition) is 5. The number of rotatable bonds is 6. The van der Waals surface area contributed by atoms with E-state index in [2.05, 4.69) is 15.6 Å². The summed E-state index contributed by atoms with van der Waals surface area (Å²) in [5.41, 5.74) is 5.48. The molecular formula is C18H22N6O6S. The minimum atomic E-state index is -4.00. The lowest BCUT2D eigenvalue weighted by Gasteiger charge is -2.37. The number of amides is 2. The molecule has 1 unspecified atom stereocenters. The van der Waals surface area contributed by atoms with Crippen molar-refractivity contribution in [2.45, 2.75) is 30.0 Å². The molecule has 0 aliphatic carbocycles. The Balaban J connectivity index is 1.83. The lowest BCUT2D eigenvalue weighted by atomic mass is 9.95. The molecule has 2 atom stereocenters. The first-order valence-corrected chi connectivity index (χ1v) is 10.8. The average molecular weight is 450 g/mol. The molecular weight excluding hydrogens is 428 g/mol. The van der Waals surface area contributed by atoms with E-state index < -0.39 is 43.8 Å². The van der Waals surface area contributed by atoms with Crippen LogP contribution in [-0.2, 0) is 19.4 Å². The fourth-order valence-corrected chi connectivity index (χ4v) is 5.77. The number of hydrogen-bond acceptors (Lipinski definition) is 7. The van der Waals surface area contributed by atoms with Crippen LogP contribution in [0.3, 0.4) is 0 Å². The Labute approximate surface area is 177 Å². The zero-order valence-electron chi connectivity index (χ0n) is 16.7. The number of guanidine groups is 1. The Morgan fingerprint density at radius 1 is 1.35 bits per heavy atom. The highest BCUT2D eigenvalue weighted by Gasteiger charge is 2.70. The van der Waals surface area contributed by atoms with Gasteiger partial charge < -0.3 is 26.4 Å².